The van der Waals surface area contributed by atoms with E-state index in [0.717, 1.165) is 21.7 Å². The summed E-state index contributed by atoms with van der Waals surface area (Å²) >= 11 is 6.24. The molecule has 2 aromatic carbocycles. The summed E-state index contributed by atoms with van der Waals surface area (Å²) in [5.74, 6) is -0.766. The molecule has 0 aliphatic rings. The first-order valence-electron chi connectivity index (χ1n) is 11.5. The molecular formula is C26H36ClN3O4S. The van der Waals surface area contributed by atoms with E-state index < -0.39 is 34.1 Å². The molecule has 0 fully saturated rings. The highest BCUT2D eigenvalue weighted by Crippen LogP contribution is 2.28. The average Bonchev–Trinajstić information content (AvgIpc) is 2.72. The zero-order chi connectivity index (χ0) is 26.6. The summed E-state index contributed by atoms with van der Waals surface area (Å²) in [6.45, 7) is 10.8. The Bertz CT molecular complexity index is 1180. The molecule has 2 amide bonds. The monoisotopic (exact) mass is 521 g/mol. The summed E-state index contributed by atoms with van der Waals surface area (Å²) in [7, 11) is -3.82. The Morgan fingerprint density at radius 2 is 1.71 bits per heavy atom. The summed E-state index contributed by atoms with van der Waals surface area (Å²) < 4.78 is 26.6. The fourth-order valence-electron chi connectivity index (χ4n) is 3.84. The van der Waals surface area contributed by atoms with Gasteiger partial charge < -0.3 is 10.2 Å². The molecule has 9 heteroatoms. The minimum absolute atomic E-state index is 0.169. The summed E-state index contributed by atoms with van der Waals surface area (Å²) in [6.07, 6.45) is 1.42. The van der Waals surface area contributed by atoms with Crippen LogP contribution in [0.15, 0.2) is 42.5 Å². The number of hydrogen-bond donors (Lipinski definition) is 1. The average molecular weight is 522 g/mol. The van der Waals surface area contributed by atoms with Gasteiger partial charge in [0.25, 0.3) is 0 Å². The highest BCUT2D eigenvalue weighted by atomic mass is 35.5. The van der Waals surface area contributed by atoms with Crippen LogP contribution in [0.2, 0.25) is 5.02 Å². The van der Waals surface area contributed by atoms with Gasteiger partial charge in [0.1, 0.15) is 12.6 Å². The maximum absolute atomic E-state index is 13.7. The zero-order valence-corrected chi connectivity index (χ0v) is 23.1. The third kappa shape index (κ3) is 7.97. The maximum atomic E-state index is 13.7. The predicted molar refractivity (Wildman–Crippen MR) is 142 cm³/mol. The number of halogens is 1. The number of amides is 2. The van der Waals surface area contributed by atoms with E-state index in [0.29, 0.717) is 22.7 Å². The molecule has 0 spiro atoms. The number of carbonyl (C=O) groups excluding carboxylic acids is 2. The minimum Gasteiger partial charge on any atom is -0.350 e. The van der Waals surface area contributed by atoms with E-state index in [-0.39, 0.29) is 12.5 Å². The number of rotatable bonds is 9. The van der Waals surface area contributed by atoms with Gasteiger partial charge >= 0.3 is 0 Å². The Morgan fingerprint density at radius 1 is 1.09 bits per heavy atom. The lowest BCUT2D eigenvalue weighted by atomic mass is 10.0. The normalized spacial score (nSPS) is 12.7. The van der Waals surface area contributed by atoms with Crippen LogP contribution in [-0.2, 0) is 26.2 Å². The molecule has 1 unspecified atom stereocenters. The molecule has 0 radical (unpaired) electrons. The molecule has 1 atom stereocenters. The smallest absolute Gasteiger partial charge is 0.244 e. The van der Waals surface area contributed by atoms with Crippen molar-refractivity contribution in [2.45, 2.75) is 66.1 Å². The molecule has 0 aliphatic carbocycles. The minimum atomic E-state index is -3.82. The molecule has 2 rings (SSSR count). The van der Waals surface area contributed by atoms with Crippen molar-refractivity contribution in [1.29, 1.82) is 0 Å². The topological polar surface area (TPSA) is 86.8 Å². The van der Waals surface area contributed by atoms with E-state index in [1.54, 1.807) is 25.1 Å². The molecule has 7 nitrogen and oxygen atoms in total. The lowest BCUT2D eigenvalue weighted by Crippen LogP contribution is -2.55. The number of anilines is 1. The second kappa shape index (κ2) is 11.4. The first kappa shape index (κ1) is 28.7. The molecule has 192 valence electrons. The summed E-state index contributed by atoms with van der Waals surface area (Å²) in [6, 6.07) is 11.8. The Hall–Kier alpha value is -2.58. The Morgan fingerprint density at radius 3 is 2.26 bits per heavy atom. The lowest BCUT2D eigenvalue weighted by molar-refractivity contribution is -0.141. The van der Waals surface area contributed by atoms with Crippen molar-refractivity contribution in [2.24, 2.45) is 0 Å². The van der Waals surface area contributed by atoms with Gasteiger partial charge in [0.2, 0.25) is 21.8 Å². The second-order valence-corrected chi connectivity index (χ2v) is 12.1. The highest BCUT2D eigenvalue weighted by molar-refractivity contribution is 7.92. The third-order valence-corrected chi connectivity index (χ3v) is 7.04. The molecule has 1 N–H and O–H groups in total. The van der Waals surface area contributed by atoms with Crippen molar-refractivity contribution in [2.75, 3.05) is 17.1 Å². The Balaban J connectivity index is 2.51. The van der Waals surface area contributed by atoms with Gasteiger partial charge in [-0.15, -0.1) is 0 Å². The van der Waals surface area contributed by atoms with Crippen molar-refractivity contribution in [1.82, 2.24) is 10.2 Å². The largest absolute Gasteiger partial charge is 0.350 e. The Labute approximate surface area is 214 Å². The number of hydrogen-bond acceptors (Lipinski definition) is 4. The van der Waals surface area contributed by atoms with Gasteiger partial charge in [0, 0.05) is 17.1 Å². The summed E-state index contributed by atoms with van der Waals surface area (Å²) in [4.78, 5) is 28.4. The first-order chi connectivity index (χ1) is 16.1. The van der Waals surface area contributed by atoms with Crippen LogP contribution in [0.1, 0.15) is 50.8 Å². The van der Waals surface area contributed by atoms with Crippen LogP contribution < -0.4 is 9.62 Å². The zero-order valence-electron chi connectivity index (χ0n) is 21.6. The summed E-state index contributed by atoms with van der Waals surface area (Å²) in [5, 5.41) is 3.35. The molecule has 0 saturated carbocycles. The maximum Gasteiger partial charge on any atom is 0.244 e. The van der Waals surface area contributed by atoms with Crippen molar-refractivity contribution >= 4 is 39.1 Å². The van der Waals surface area contributed by atoms with Crippen molar-refractivity contribution in [3.8, 4) is 0 Å². The molecular weight excluding hydrogens is 486 g/mol. The van der Waals surface area contributed by atoms with E-state index in [4.69, 9.17) is 11.6 Å². The Kier molecular flexibility index (Phi) is 9.36. The van der Waals surface area contributed by atoms with Gasteiger partial charge in [-0.05, 0) is 64.3 Å². The molecule has 0 bridgehead atoms. The van der Waals surface area contributed by atoms with E-state index in [1.807, 2.05) is 58.9 Å². The second-order valence-electron chi connectivity index (χ2n) is 9.83. The van der Waals surface area contributed by atoms with Crippen LogP contribution in [0.4, 0.5) is 5.69 Å². The van der Waals surface area contributed by atoms with Gasteiger partial charge in [-0.1, -0.05) is 54.4 Å². The van der Waals surface area contributed by atoms with Gasteiger partial charge in [-0.25, -0.2) is 8.42 Å². The fourth-order valence-corrected chi connectivity index (χ4v) is 4.91. The lowest BCUT2D eigenvalue weighted by Gasteiger charge is -2.34. The molecule has 0 aliphatic heterocycles. The molecule has 0 saturated heterocycles. The molecule has 35 heavy (non-hydrogen) atoms. The van der Waals surface area contributed by atoms with Crippen molar-refractivity contribution in [3.63, 3.8) is 0 Å². The van der Waals surface area contributed by atoms with Crippen LogP contribution in [0.3, 0.4) is 0 Å². The van der Waals surface area contributed by atoms with E-state index >= 15 is 0 Å². The number of carbonyl (C=O) groups is 2. The number of sulfonamides is 1. The van der Waals surface area contributed by atoms with E-state index in [1.165, 1.54) is 4.90 Å². The van der Waals surface area contributed by atoms with Crippen LogP contribution in [0.25, 0.3) is 0 Å². The number of nitrogens with one attached hydrogen (secondary N) is 1. The van der Waals surface area contributed by atoms with E-state index in [9.17, 15) is 18.0 Å². The highest BCUT2D eigenvalue weighted by Gasteiger charge is 2.33. The van der Waals surface area contributed by atoms with Crippen molar-refractivity contribution in [3.05, 3.63) is 64.2 Å². The molecule has 0 aromatic heterocycles. The van der Waals surface area contributed by atoms with Gasteiger partial charge in [-0.3, -0.25) is 13.9 Å². The van der Waals surface area contributed by atoms with Crippen LogP contribution in [0, 0.1) is 13.8 Å². The van der Waals surface area contributed by atoms with Crippen molar-refractivity contribution < 1.29 is 18.0 Å². The number of nitrogens with zero attached hydrogens (tertiary/aromatic N) is 2. The van der Waals surface area contributed by atoms with Gasteiger partial charge in [0.05, 0.1) is 11.9 Å². The van der Waals surface area contributed by atoms with Crippen LogP contribution in [0.5, 0.6) is 0 Å². The summed E-state index contributed by atoms with van der Waals surface area (Å²) in [5.41, 5.74) is 2.27. The fraction of sp³-hybridized carbons (Fsp3) is 0.462. The first-order valence-corrected chi connectivity index (χ1v) is 13.8. The van der Waals surface area contributed by atoms with Gasteiger partial charge in [-0.2, -0.15) is 0 Å². The number of benzene rings is 2. The SMILES string of the molecule is CCC(C(=O)NC(C)(C)C)N(Cc1cccc(C)c1)C(=O)CN(c1cccc(Cl)c1C)S(C)(=O)=O. The molecule has 0 heterocycles. The third-order valence-electron chi connectivity index (χ3n) is 5.51. The van der Waals surface area contributed by atoms with E-state index in [2.05, 4.69) is 5.32 Å². The number of aryl methyl sites for hydroxylation is 1. The predicted octanol–water partition coefficient (Wildman–Crippen LogP) is 4.44. The standard InChI is InChI=1S/C26H36ClN3O4S/c1-8-22(25(32)28-26(4,5)6)29(16-20-12-9-11-18(2)15-20)24(31)17-30(35(7,33)34)23-14-10-13-21(27)19(23)3/h9-15,22H,8,16-17H2,1-7H3,(H,28,32). The van der Waals surface area contributed by atoms with Crippen LogP contribution >= 0.6 is 11.6 Å². The molecule has 2 aromatic rings. The van der Waals surface area contributed by atoms with Crippen LogP contribution in [-0.4, -0.2) is 49.5 Å². The quantitative estimate of drug-likeness (QED) is 0.528. The van der Waals surface area contributed by atoms with Gasteiger partial charge in [0.15, 0.2) is 0 Å².